The van der Waals surface area contributed by atoms with E-state index in [1.54, 1.807) is 0 Å². The van der Waals surface area contributed by atoms with Crippen molar-refractivity contribution in [1.82, 2.24) is 0 Å². The summed E-state index contributed by atoms with van der Waals surface area (Å²) in [5, 5.41) is 21.1. The maximum Gasteiger partial charge on any atom is 0.300 e. The number of hydrogen-bond acceptors (Lipinski definition) is 3. The van der Waals surface area contributed by atoms with Crippen LogP contribution in [-0.2, 0) is 21.3 Å². The zero-order valence-electron chi connectivity index (χ0n) is 4.38. The van der Waals surface area contributed by atoms with Gasteiger partial charge in [0, 0.05) is 23.4 Å². The summed E-state index contributed by atoms with van der Waals surface area (Å²) in [5.74, 6) is -0.833. The molecule has 58 valence electrons. The van der Waals surface area contributed by atoms with Crippen molar-refractivity contribution in [2.24, 2.45) is 0 Å². The number of rotatable bonds is 0. The molecule has 2 N–H and O–H groups in total. The first kappa shape index (κ1) is 15.7. The number of nitrogens with zero attached hydrogens (tertiary/aromatic N) is 1. The Labute approximate surface area is 60.5 Å². The summed E-state index contributed by atoms with van der Waals surface area (Å²) < 4.78 is 0. The molecule has 7 heteroatoms. The van der Waals surface area contributed by atoms with Crippen LogP contribution in [0, 0.1) is 10.1 Å². The van der Waals surface area contributed by atoms with Crippen LogP contribution in [0.4, 0.5) is 0 Å². The van der Waals surface area contributed by atoms with E-state index in [1.165, 1.54) is 0 Å². The van der Waals surface area contributed by atoms with Gasteiger partial charge in [0.1, 0.15) is 0 Å². The van der Waals surface area contributed by atoms with E-state index in [4.69, 9.17) is 25.2 Å². The summed E-state index contributed by atoms with van der Waals surface area (Å²) in [5.41, 5.74) is 0. The maximum absolute atomic E-state index is 9.00. The van der Waals surface area contributed by atoms with Crippen molar-refractivity contribution in [3.63, 3.8) is 0 Å². The van der Waals surface area contributed by atoms with Crippen molar-refractivity contribution >= 4 is 5.97 Å². The van der Waals surface area contributed by atoms with Crippen molar-refractivity contribution in [1.29, 1.82) is 0 Å². The number of carboxylic acids is 1. The monoisotopic (exact) mass is 181 g/mol. The number of aliphatic carboxylic acids is 1. The summed E-state index contributed by atoms with van der Waals surface area (Å²) in [4.78, 5) is 17.4. The molecule has 0 aromatic carbocycles. The van der Waals surface area contributed by atoms with Gasteiger partial charge >= 0.3 is 0 Å². The molecule has 0 heterocycles. The van der Waals surface area contributed by atoms with Crippen LogP contribution < -0.4 is 0 Å². The van der Waals surface area contributed by atoms with Gasteiger partial charge in [0.15, 0.2) is 0 Å². The molecule has 0 spiro atoms. The van der Waals surface area contributed by atoms with E-state index < -0.39 is 11.1 Å². The smallest absolute Gasteiger partial charge is 0.300 e. The van der Waals surface area contributed by atoms with Gasteiger partial charge in [-0.05, 0) is 0 Å². The van der Waals surface area contributed by atoms with Crippen molar-refractivity contribution in [2.75, 3.05) is 0 Å². The van der Waals surface area contributed by atoms with Gasteiger partial charge in [-0.2, -0.15) is 0 Å². The van der Waals surface area contributed by atoms with E-state index >= 15 is 0 Å². The molecule has 0 bridgehead atoms. The molecular weight excluding hydrogens is 177 g/mol. The summed E-state index contributed by atoms with van der Waals surface area (Å²) in [6.45, 7) is 1.08. The Morgan fingerprint density at radius 3 is 1.67 bits per heavy atom. The molecule has 0 fully saturated rings. The number of carbonyl (C=O) groups is 1. The Morgan fingerprint density at radius 2 is 1.67 bits per heavy atom. The SMILES string of the molecule is CC(=O)O.O=[N+]([O-])O.[Ni]. The Morgan fingerprint density at radius 1 is 1.67 bits per heavy atom. The van der Waals surface area contributed by atoms with E-state index in [9.17, 15) is 0 Å². The Bertz CT molecular complexity index is 73.0. The maximum atomic E-state index is 9.00. The Kier molecular flexibility index (Phi) is 17.8. The van der Waals surface area contributed by atoms with Crippen molar-refractivity contribution in [3.05, 3.63) is 10.1 Å². The third-order valence-electron chi connectivity index (χ3n) is 0. The van der Waals surface area contributed by atoms with E-state index in [0.717, 1.165) is 6.92 Å². The fraction of sp³-hybridized carbons (Fsp3) is 0.500. The van der Waals surface area contributed by atoms with Crippen LogP contribution in [-0.4, -0.2) is 21.4 Å². The fourth-order valence-corrected chi connectivity index (χ4v) is 0. The predicted molar refractivity (Wildman–Crippen MR) is 22.1 cm³/mol. The van der Waals surface area contributed by atoms with Crippen LogP contribution in [0.15, 0.2) is 0 Å². The van der Waals surface area contributed by atoms with Crippen LogP contribution in [0.25, 0.3) is 0 Å². The van der Waals surface area contributed by atoms with E-state index in [1.807, 2.05) is 0 Å². The third kappa shape index (κ3) is 273. The van der Waals surface area contributed by atoms with Crippen LogP contribution in [0.2, 0.25) is 0 Å². The first-order valence-corrected chi connectivity index (χ1v) is 1.49. The molecule has 0 aromatic heterocycles. The quantitative estimate of drug-likeness (QED) is 0.305. The molecule has 0 rings (SSSR count). The largest absolute Gasteiger partial charge is 0.481 e. The van der Waals surface area contributed by atoms with E-state index in [0.29, 0.717) is 0 Å². The van der Waals surface area contributed by atoms with Gasteiger partial charge < -0.3 is 10.3 Å². The average Bonchev–Trinajstić information content (AvgIpc) is 1.25. The van der Waals surface area contributed by atoms with Crippen molar-refractivity contribution in [3.8, 4) is 0 Å². The molecule has 0 aliphatic heterocycles. The molecule has 0 saturated heterocycles. The van der Waals surface area contributed by atoms with Gasteiger partial charge in [0.25, 0.3) is 11.1 Å². The summed E-state index contributed by atoms with van der Waals surface area (Å²) in [7, 11) is 0. The van der Waals surface area contributed by atoms with E-state index in [2.05, 4.69) is 0 Å². The first-order valence-electron chi connectivity index (χ1n) is 1.49. The molecule has 0 amide bonds. The summed E-state index contributed by atoms with van der Waals surface area (Å²) in [6, 6.07) is 0. The molecular formula is C2H5NNiO5. The zero-order valence-corrected chi connectivity index (χ0v) is 5.37. The topological polar surface area (TPSA) is 101 Å². The minimum atomic E-state index is -1.50. The van der Waals surface area contributed by atoms with Crippen LogP contribution in [0.3, 0.4) is 0 Å². The van der Waals surface area contributed by atoms with Crippen molar-refractivity contribution < 1.29 is 36.7 Å². The molecule has 0 saturated carbocycles. The second-order valence-corrected chi connectivity index (χ2v) is 0.757. The zero-order chi connectivity index (χ0) is 7.15. The van der Waals surface area contributed by atoms with Crippen LogP contribution in [0.1, 0.15) is 6.92 Å². The molecule has 0 radical (unpaired) electrons. The van der Waals surface area contributed by atoms with Crippen molar-refractivity contribution in [2.45, 2.75) is 6.92 Å². The number of hydrogen-bond donors (Lipinski definition) is 2. The molecule has 6 nitrogen and oxygen atoms in total. The van der Waals surface area contributed by atoms with Gasteiger partial charge in [-0.3, -0.25) is 4.79 Å². The second kappa shape index (κ2) is 10.2. The summed E-state index contributed by atoms with van der Waals surface area (Å²) in [6.07, 6.45) is 0. The molecule has 0 unspecified atom stereocenters. The first-order chi connectivity index (χ1) is 3.46. The van der Waals surface area contributed by atoms with Gasteiger partial charge in [0.2, 0.25) is 0 Å². The minimum Gasteiger partial charge on any atom is -0.481 e. The van der Waals surface area contributed by atoms with E-state index in [-0.39, 0.29) is 16.5 Å². The van der Waals surface area contributed by atoms with Gasteiger partial charge in [-0.1, -0.05) is 0 Å². The molecule has 0 atom stereocenters. The van der Waals surface area contributed by atoms with Crippen LogP contribution in [0.5, 0.6) is 0 Å². The predicted octanol–water partition coefficient (Wildman–Crippen LogP) is -0.259. The van der Waals surface area contributed by atoms with Gasteiger partial charge in [0.05, 0.1) is 0 Å². The normalized spacial score (nSPS) is 5.44. The molecule has 0 aromatic rings. The molecule has 0 aliphatic rings. The number of carboxylic acid groups (broad SMARTS) is 1. The average molecular weight is 182 g/mol. The Balaban J connectivity index is -0.0000000720. The minimum absolute atomic E-state index is 0. The molecule has 9 heavy (non-hydrogen) atoms. The fourth-order valence-electron chi connectivity index (χ4n) is 0. The third-order valence-corrected chi connectivity index (χ3v) is 0. The standard InChI is InChI=1S/C2H4O2.HNO3.Ni/c1-2(3)4;2-1(3)4;/h1H3,(H,3,4);(H,2,3,4);. The Hall–Kier alpha value is -0.836. The summed E-state index contributed by atoms with van der Waals surface area (Å²) >= 11 is 0. The second-order valence-electron chi connectivity index (χ2n) is 0.757. The van der Waals surface area contributed by atoms with Gasteiger partial charge in [-0.15, -0.1) is 10.1 Å². The van der Waals surface area contributed by atoms with Gasteiger partial charge in [-0.25, -0.2) is 0 Å². The molecule has 0 aliphatic carbocycles. The van der Waals surface area contributed by atoms with Crippen LogP contribution >= 0.6 is 0 Å².